The topological polar surface area (TPSA) is 33.3 Å². The molecule has 3 unspecified atom stereocenters. The van der Waals surface area contributed by atoms with E-state index in [1.54, 1.807) is 0 Å². The maximum atomic E-state index is 5.94. The number of nitrogens with one attached hydrogen (secondary N) is 2. The van der Waals surface area contributed by atoms with Crippen LogP contribution in [-0.4, -0.2) is 31.5 Å². The molecular formula is C11H23ClN2O. The van der Waals surface area contributed by atoms with Gasteiger partial charge in [-0.1, -0.05) is 13.3 Å². The first-order chi connectivity index (χ1) is 6.71. The highest BCUT2D eigenvalue weighted by atomic mass is 35.5. The van der Waals surface area contributed by atoms with Crippen LogP contribution in [0.25, 0.3) is 0 Å². The molecule has 2 saturated heterocycles. The van der Waals surface area contributed by atoms with Gasteiger partial charge in [0.2, 0.25) is 0 Å². The van der Waals surface area contributed by atoms with E-state index in [1.165, 1.54) is 19.3 Å². The molecule has 3 nitrogen and oxygen atoms in total. The van der Waals surface area contributed by atoms with E-state index < -0.39 is 0 Å². The summed E-state index contributed by atoms with van der Waals surface area (Å²) in [6, 6.07) is 0.490. The Kier molecular flexibility index (Phi) is 4.84. The number of rotatable bonds is 1. The maximum absolute atomic E-state index is 5.94. The fraction of sp³-hybridized carbons (Fsp3) is 1.00. The Morgan fingerprint density at radius 2 is 2.13 bits per heavy atom. The number of hydrogen-bond donors (Lipinski definition) is 2. The second kappa shape index (κ2) is 5.48. The molecule has 15 heavy (non-hydrogen) atoms. The fourth-order valence-corrected chi connectivity index (χ4v) is 2.35. The largest absolute Gasteiger partial charge is 0.359 e. The van der Waals surface area contributed by atoms with Crippen LogP contribution >= 0.6 is 12.4 Å². The number of ether oxygens (including phenoxy) is 1. The van der Waals surface area contributed by atoms with Crippen molar-refractivity contribution >= 4 is 12.4 Å². The smallest absolute Gasteiger partial charge is 0.131 e. The molecule has 2 aliphatic heterocycles. The molecule has 0 radical (unpaired) electrons. The van der Waals surface area contributed by atoms with Crippen LogP contribution in [0.2, 0.25) is 0 Å². The Balaban J connectivity index is 0.00000112. The van der Waals surface area contributed by atoms with E-state index in [4.69, 9.17) is 4.74 Å². The minimum Gasteiger partial charge on any atom is -0.359 e. The number of piperidine rings is 1. The van der Waals surface area contributed by atoms with Crippen LogP contribution in [0.1, 0.15) is 33.1 Å². The maximum Gasteiger partial charge on any atom is 0.131 e. The first-order valence-electron chi connectivity index (χ1n) is 5.83. The summed E-state index contributed by atoms with van der Waals surface area (Å²) in [5.41, 5.74) is -0.132. The van der Waals surface area contributed by atoms with Gasteiger partial charge in [-0.3, -0.25) is 5.32 Å². The third-order valence-electron chi connectivity index (χ3n) is 3.44. The lowest BCUT2D eigenvalue weighted by Crippen LogP contribution is -2.64. The third kappa shape index (κ3) is 3.06. The van der Waals surface area contributed by atoms with Crippen LogP contribution in [0.4, 0.5) is 0 Å². The van der Waals surface area contributed by atoms with Crippen molar-refractivity contribution in [3.05, 3.63) is 0 Å². The van der Waals surface area contributed by atoms with Crippen molar-refractivity contribution < 1.29 is 4.74 Å². The molecule has 0 aromatic rings. The molecule has 0 aromatic carbocycles. The Bertz CT molecular complexity index is 187. The molecule has 90 valence electrons. The normalized spacial score (nSPS) is 42.0. The fourth-order valence-electron chi connectivity index (χ4n) is 2.35. The van der Waals surface area contributed by atoms with Gasteiger partial charge in [0.1, 0.15) is 5.72 Å². The zero-order valence-electron chi connectivity index (χ0n) is 9.71. The molecule has 0 amide bonds. The molecule has 0 spiro atoms. The Morgan fingerprint density at radius 1 is 1.33 bits per heavy atom. The van der Waals surface area contributed by atoms with Gasteiger partial charge in [-0.2, -0.15) is 0 Å². The monoisotopic (exact) mass is 234 g/mol. The van der Waals surface area contributed by atoms with Crippen LogP contribution in [-0.2, 0) is 4.74 Å². The summed E-state index contributed by atoms with van der Waals surface area (Å²) >= 11 is 0. The summed E-state index contributed by atoms with van der Waals surface area (Å²) in [6.07, 6.45) is 3.87. The molecule has 0 bridgehead atoms. The molecular weight excluding hydrogens is 212 g/mol. The lowest BCUT2D eigenvalue weighted by Gasteiger charge is -2.45. The van der Waals surface area contributed by atoms with E-state index in [1.807, 2.05) is 0 Å². The predicted molar refractivity (Wildman–Crippen MR) is 64.4 cm³/mol. The summed E-state index contributed by atoms with van der Waals surface area (Å²) in [5, 5.41) is 7.09. The van der Waals surface area contributed by atoms with Crippen LogP contribution in [0.3, 0.4) is 0 Å². The van der Waals surface area contributed by atoms with Gasteiger partial charge in [0.25, 0.3) is 0 Å². The van der Waals surface area contributed by atoms with E-state index in [2.05, 4.69) is 24.5 Å². The highest BCUT2D eigenvalue weighted by molar-refractivity contribution is 5.85. The van der Waals surface area contributed by atoms with Gasteiger partial charge in [0.05, 0.1) is 6.61 Å². The second-order valence-electron chi connectivity index (χ2n) is 4.91. The van der Waals surface area contributed by atoms with E-state index in [9.17, 15) is 0 Å². The standard InChI is InChI=1S/C11H22N2O.ClH/c1-9-7-13-11(2,14-8-9)10-5-3-4-6-12-10;/h9-10,12-13H,3-8H2,1-2H3;1H. The van der Waals surface area contributed by atoms with Crippen LogP contribution < -0.4 is 10.6 Å². The van der Waals surface area contributed by atoms with Crippen molar-refractivity contribution in [1.29, 1.82) is 0 Å². The highest BCUT2D eigenvalue weighted by Gasteiger charge is 2.38. The number of hydrogen-bond acceptors (Lipinski definition) is 3. The third-order valence-corrected chi connectivity index (χ3v) is 3.44. The molecule has 0 aromatic heterocycles. The Hall–Kier alpha value is 0.170. The van der Waals surface area contributed by atoms with Crippen LogP contribution in [0, 0.1) is 5.92 Å². The molecule has 0 aliphatic carbocycles. The molecule has 4 heteroatoms. The number of halogens is 1. The van der Waals surface area contributed by atoms with Gasteiger partial charge in [0.15, 0.2) is 0 Å². The van der Waals surface area contributed by atoms with Gasteiger partial charge in [-0.05, 0) is 32.2 Å². The highest BCUT2D eigenvalue weighted by Crippen LogP contribution is 2.24. The summed E-state index contributed by atoms with van der Waals surface area (Å²) < 4.78 is 5.94. The Morgan fingerprint density at radius 3 is 2.67 bits per heavy atom. The minimum atomic E-state index is -0.132. The predicted octanol–water partition coefficient (Wildman–Crippen LogP) is 1.52. The van der Waals surface area contributed by atoms with Crippen molar-refractivity contribution in [2.75, 3.05) is 19.7 Å². The average molecular weight is 235 g/mol. The summed E-state index contributed by atoms with van der Waals surface area (Å²) in [6.45, 7) is 7.51. The van der Waals surface area contributed by atoms with E-state index in [0.717, 1.165) is 19.7 Å². The molecule has 2 aliphatic rings. The zero-order chi connectivity index (χ0) is 10.0. The van der Waals surface area contributed by atoms with Crippen molar-refractivity contribution in [2.24, 2.45) is 5.92 Å². The minimum absolute atomic E-state index is 0. The van der Waals surface area contributed by atoms with Crippen molar-refractivity contribution in [2.45, 2.75) is 44.9 Å². The summed E-state index contributed by atoms with van der Waals surface area (Å²) in [7, 11) is 0. The van der Waals surface area contributed by atoms with Crippen molar-refractivity contribution in [3.63, 3.8) is 0 Å². The van der Waals surface area contributed by atoms with Gasteiger partial charge >= 0.3 is 0 Å². The second-order valence-corrected chi connectivity index (χ2v) is 4.91. The first kappa shape index (κ1) is 13.2. The van der Waals surface area contributed by atoms with Gasteiger partial charge in [-0.15, -0.1) is 12.4 Å². The lowest BCUT2D eigenvalue weighted by atomic mass is 9.94. The lowest BCUT2D eigenvalue weighted by molar-refractivity contribution is -0.125. The SMILES string of the molecule is CC1CNC(C)(C2CCCCN2)OC1.Cl. The van der Waals surface area contributed by atoms with E-state index in [-0.39, 0.29) is 18.1 Å². The first-order valence-corrected chi connectivity index (χ1v) is 5.83. The van der Waals surface area contributed by atoms with Gasteiger partial charge in [0, 0.05) is 12.6 Å². The molecule has 3 atom stereocenters. The van der Waals surface area contributed by atoms with Crippen molar-refractivity contribution in [1.82, 2.24) is 10.6 Å². The van der Waals surface area contributed by atoms with E-state index in [0.29, 0.717) is 12.0 Å². The zero-order valence-corrected chi connectivity index (χ0v) is 10.5. The molecule has 0 saturated carbocycles. The van der Waals surface area contributed by atoms with Gasteiger partial charge in [-0.25, -0.2) is 0 Å². The molecule has 2 heterocycles. The molecule has 2 rings (SSSR count). The van der Waals surface area contributed by atoms with Crippen molar-refractivity contribution in [3.8, 4) is 0 Å². The summed E-state index contributed by atoms with van der Waals surface area (Å²) in [4.78, 5) is 0. The summed E-state index contributed by atoms with van der Waals surface area (Å²) in [5.74, 6) is 0.645. The Labute approximate surface area is 98.7 Å². The van der Waals surface area contributed by atoms with Crippen LogP contribution in [0.15, 0.2) is 0 Å². The average Bonchev–Trinajstić information content (AvgIpc) is 2.24. The van der Waals surface area contributed by atoms with Crippen LogP contribution in [0.5, 0.6) is 0 Å². The molecule has 2 N–H and O–H groups in total. The quantitative estimate of drug-likeness (QED) is 0.722. The van der Waals surface area contributed by atoms with Gasteiger partial charge < -0.3 is 10.1 Å². The van der Waals surface area contributed by atoms with E-state index >= 15 is 0 Å². The molecule has 2 fully saturated rings.